The molecule has 3 aromatic rings. The predicted molar refractivity (Wildman–Crippen MR) is 124 cm³/mol. The van der Waals surface area contributed by atoms with Crippen LogP contribution in [0.15, 0.2) is 71.9 Å². The molecule has 3 heterocycles. The van der Waals surface area contributed by atoms with E-state index in [2.05, 4.69) is 9.97 Å². The zero-order valence-corrected chi connectivity index (χ0v) is 19.2. The normalized spacial score (nSPS) is 19.0. The van der Waals surface area contributed by atoms with Crippen LogP contribution in [0.1, 0.15) is 11.1 Å². The summed E-state index contributed by atoms with van der Waals surface area (Å²) in [5.74, 6) is -0.503. The van der Waals surface area contributed by atoms with Crippen molar-refractivity contribution in [1.29, 1.82) is 0 Å². The lowest BCUT2D eigenvalue weighted by Crippen LogP contribution is -2.57. The van der Waals surface area contributed by atoms with Gasteiger partial charge >= 0.3 is 0 Å². The Labute approximate surface area is 197 Å². The number of sulfonamides is 1. The quantitative estimate of drug-likeness (QED) is 0.567. The minimum Gasteiger partial charge on any atom is -0.338 e. The Kier molecular flexibility index (Phi) is 6.01. The third kappa shape index (κ3) is 4.14. The molecule has 1 amide bonds. The molecule has 1 unspecified atom stereocenters. The number of aromatic nitrogens is 2. The molecule has 1 atom stereocenters. The van der Waals surface area contributed by atoms with Gasteiger partial charge in [0.25, 0.3) is 0 Å². The minimum absolute atomic E-state index is 0.0149. The zero-order chi connectivity index (χ0) is 23.7. The van der Waals surface area contributed by atoms with E-state index in [0.717, 1.165) is 21.5 Å². The first kappa shape index (κ1) is 22.4. The maximum atomic E-state index is 14.5. The van der Waals surface area contributed by atoms with Crippen LogP contribution in [-0.2, 0) is 27.8 Å². The molecule has 5 rings (SSSR count). The summed E-state index contributed by atoms with van der Waals surface area (Å²) < 4.78 is 42.7. The number of rotatable bonds is 4. The van der Waals surface area contributed by atoms with Crippen LogP contribution < -0.4 is 4.90 Å². The highest BCUT2D eigenvalue weighted by molar-refractivity contribution is 7.89. The molecule has 0 radical (unpaired) electrons. The number of carbonyl (C=O) groups is 1. The van der Waals surface area contributed by atoms with Gasteiger partial charge in [0, 0.05) is 45.1 Å². The van der Waals surface area contributed by atoms with Crippen LogP contribution >= 0.6 is 0 Å². The molecule has 8 nitrogen and oxygen atoms in total. The van der Waals surface area contributed by atoms with E-state index in [0.29, 0.717) is 32.1 Å². The minimum atomic E-state index is -4.24. The highest BCUT2D eigenvalue weighted by Gasteiger charge is 2.42. The third-order valence-corrected chi connectivity index (χ3v) is 8.23. The van der Waals surface area contributed by atoms with Gasteiger partial charge in [0.1, 0.15) is 16.8 Å². The largest absolute Gasteiger partial charge is 0.338 e. The van der Waals surface area contributed by atoms with Crippen LogP contribution in [0.2, 0.25) is 0 Å². The molecule has 1 aromatic heterocycles. The Morgan fingerprint density at radius 2 is 1.53 bits per heavy atom. The van der Waals surface area contributed by atoms with Crippen molar-refractivity contribution in [2.75, 3.05) is 31.1 Å². The number of anilines is 1. The molecule has 10 heteroatoms. The van der Waals surface area contributed by atoms with Gasteiger partial charge in [-0.3, -0.25) is 4.79 Å². The van der Waals surface area contributed by atoms with Crippen LogP contribution in [0.4, 0.5) is 10.3 Å². The van der Waals surface area contributed by atoms with Gasteiger partial charge in [0.2, 0.25) is 21.9 Å². The van der Waals surface area contributed by atoms with Crippen molar-refractivity contribution in [2.24, 2.45) is 0 Å². The first-order valence-electron chi connectivity index (χ1n) is 11.1. The Bertz CT molecular complexity index is 1300. The summed E-state index contributed by atoms with van der Waals surface area (Å²) in [5.41, 5.74) is 1.75. The van der Waals surface area contributed by atoms with Gasteiger partial charge < -0.3 is 9.80 Å². The van der Waals surface area contributed by atoms with Gasteiger partial charge in [-0.25, -0.2) is 22.8 Å². The summed E-state index contributed by atoms with van der Waals surface area (Å²) in [7, 11) is -4.24. The molecular formula is C24H24FN5O3S. The van der Waals surface area contributed by atoms with Crippen molar-refractivity contribution in [1.82, 2.24) is 19.2 Å². The number of amides is 1. The molecular weight excluding hydrogens is 457 g/mol. The van der Waals surface area contributed by atoms with Gasteiger partial charge in [0.15, 0.2) is 0 Å². The van der Waals surface area contributed by atoms with E-state index in [4.69, 9.17) is 0 Å². The molecule has 1 fully saturated rings. The highest BCUT2D eigenvalue weighted by Crippen LogP contribution is 2.31. The van der Waals surface area contributed by atoms with Crippen molar-refractivity contribution in [3.05, 3.63) is 83.9 Å². The molecule has 176 valence electrons. The standard InChI is InChI=1S/C24H24FN5O3S/c25-20-8-3-4-9-22(20)34(32,33)30-17-19-7-2-1-6-18(19)16-21(30)23(31)28-12-14-29(15-13-28)24-26-10-5-11-27-24/h1-11,21H,12-17H2. The Morgan fingerprint density at radius 3 is 2.24 bits per heavy atom. The molecule has 0 saturated carbocycles. The van der Waals surface area contributed by atoms with E-state index < -0.39 is 26.8 Å². The fraction of sp³-hybridized carbons (Fsp3) is 0.292. The Balaban J connectivity index is 1.42. The van der Waals surface area contributed by atoms with E-state index in [1.54, 1.807) is 23.4 Å². The van der Waals surface area contributed by atoms with Gasteiger partial charge in [-0.15, -0.1) is 0 Å². The summed E-state index contributed by atoms with van der Waals surface area (Å²) in [6, 6.07) is 13.5. The number of fused-ring (bicyclic) bond motifs is 1. The lowest BCUT2D eigenvalue weighted by molar-refractivity contribution is -0.136. The summed E-state index contributed by atoms with van der Waals surface area (Å²) in [5, 5.41) is 0. The van der Waals surface area contributed by atoms with Crippen LogP contribution in [0.5, 0.6) is 0 Å². The van der Waals surface area contributed by atoms with Gasteiger partial charge in [0.05, 0.1) is 0 Å². The molecule has 2 aromatic carbocycles. The second-order valence-corrected chi connectivity index (χ2v) is 10.2. The highest BCUT2D eigenvalue weighted by atomic mass is 32.2. The van der Waals surface area contributed by atoms with E-state index in [9.17, 15) is 17.6 Å². The number of hydrogen-bond donors (Lipinski definition) is 0. The third-order valence-electron chi connectivity index (χ3n) is 6.34. The first-order chi connectivity index (χ1) is 16.4. The topological polar surface area (TPSA) is 86.7 Å². The maximum absolute atomic E-state index is 14.5. The number of hydrogen-bond acceptors (Lipinski definition) is 6. The molecule has 0 N–H and O–H groups in total. The van der Waals surface area contributed by atoms with Crippen LogP contribution in [-0.4, -0.2) is 65.7 Å². The van der Waals surface area contributed by atoms with Crippen LogP contribution in [0.25, 0.3) is 0 Å². The SMILES string of the molecule is O=C(C1Cc2ccccc2CN1S(=O)(=O)c1ccccc1F)N1CCN(c2ncccn2)CC1. The average molecular weight is 482 g/mol. The van der Waals surface area contributed by atoms with Gasteiger partial charge in [-0.2, -0.15) is 4.31 Å². The van der Waals surface area contributed by atoms with Gasteiger partial charge in [-0.05, 0) is 35.7 Å². The van der Waals surface area contributed by atoms with Crippen molar-refractivity contribution < 1.29 is 17.6 Å². The van der Waals surface area contributed by atoms with E-state index in [-0.39, 0.29) is 18.9 Å². The van der Waals surface area contributed by atoms with E-state index in [1.165, 1.54) is 18.2 Å². The smallest absolute Gasteiger partial charge is 0.247 e. The Hall–Kier alpha value is -3.37. The predicted octanol–water partition coefficient (Wildman–Crippen LogP) is 2.08. The van der Waals surface area contributed by atoms with Gasteiger partial charge in [-0.1, -0.05) is 36.4 Å². The molecule has 34 heavy (non-hydrogen) atoms. The number of carbonyl (C=O) groups excluding carboxylic acids is 1. The van der Waals surface area contributed by atoms with Crippen molar-refractivity contribution >= 4 is 21.9 Å². The van der Waals surface area contributed by atoms with Crippen molar-refractivity contribution in [2.45, 2.75) is 23.9 Å². The summed E-state index contributed by atoms with van der Waals surface area (Å²) >= 11 is 0. The number of nitrogens with zero attached hydrogens (tertiary/aromatic N) is 5. The molecule has 0 aliphatic carbocycles. The fourth-order valence-electron chi connectivity index (χ4n) is 4.53. The van der Waals surface area contributed by atoms with Crippen molar-refractivity contribution in [3.63, 3.8) is 0 Å². The lowest BCUT2D eigenvalue weighted by atomic mass is 9.95. The summed E-state index contributed by atoms with van der Waals surface area (Å²) in [6.07, 6.45) is 3.58. The Morgan fingerprint density at radius 1 is 0.882 bits per heavy atom. The van der Waals surface area contributed by atoms with Crippen LogP contribution in [0.3, 0.4) is 0 Å². The second kappa shape index (κ2) is 9.11. The number of piperazine rings is 1. The lowest BCUT2D eigenvalue weighted by Gasteiger charge is -2.40. The molecule has 2 aliphatic rings. The zero-order valence-electron chi connectivity index (χ0n) is 18.4. The monoisotopic (exact) mass is 481 g/mol. The summed E-state index contributed by atoms with van der Waals surface area (Å²) in [4.78, 5) is 25.4. The fourth-order valence-corrected chi connectivity index (χ4v) is 6.16. The van der Waals surface area contributed by atoms with E-state index in [1.807, 2.05) is 29.2 Å². The molecule has 0 bridgehead atoms. The maximum Gasteiger partial charge on any atom is 0.247 e. The van der Waals surface area contributed by atoms with Crippen LogP contribution in [0, 0.1) is 5.82 Å². The second-order valence-electron chi connectivity index (χ2n) is 8.33. The molecule has 0 spiro atoms. The number of benzene rings is 2. The van der Waals surface area contributed by atoms with E-state index >= 15 is 0 Å². The summed E-state index contributed by atoms with van der Waals surface area (Å²) in [6.45, 7) is 1.94. The number of halogens is 1. The van der Waals surface area contributed by atoms with Crippen molar-refractivity contribution in [3.8, 4) is 0 Å². The molecule has 1 saturated heterocycles. The molecule has 2 aliphatic heterocycles. The first-order valence-corrected chi connectivity index (χ1v) is 12.5. The average Bonchev–Trinajstić information content (AvgIpc) is 2.88.